The third-order valence-electron chi connectivity index (χ3n) is 0.954. The first-order chi connectivity index (χ1) is 4.34. The molecular formula is C5H8N2OS. The number of aromatic nitrogens is 1. The molecule has 0 amide bonds. The van der Waals surface area contributed by atoms with E-state index < -0.39 is 0 Å². The standard InChI is InChI=1S/C5H8N2OS/c1-8-2-4-5(6)9-3-7-4/h3H,2,6H2,1H3. The summed E-state index contributed by atoms with van der Waals surface area (Å²) in [6.45, 7) is 0.509. The fourth-order valence-electron chi connectivity index (χ4n) is 0.524. The van der Waals surface area contributed by atoms with E-state index in [4.69, 9.17) is 10.5 Å². The van der Waals surface area contributed by atoms with Crippen LogP contribution in [0.4, 0.5) is 5.00 Å². The predicted molar refractivity (Wildman–Crippen MR) is 37.2 cm³/mol. The molecule has 1 heterocycles. The van der Waals surface area contributed by atoms with Crippen molar-refractivity contribution < 1.29 is 4.74 Å². The lowest BCUT2D eigenvalue weighted by Gasteiger charge is -1.92. The van der Waals surface area contributed by atoms with Gasteiger partial charge in [0.1, 0.15) is 10.7 Å². The van der Waals surface area contributed by atoms with Gasteiger partial charge in [0.2, 0.25) is 0 Å². The summed E-state index contributed by atoms with van der Waals surface area (Å²) in [5.41, 5.74) is 8.05. The molecular weight excluding hydrogens is 136 g/mol. The minimum atomic E-state index is 0.509. The molecule has 1 rings (SSSR count). The van der Waals surface area contributed by atoms with Gasteiger partial charge in [-0.2, -0.15) is 0 Å². The van der Waals surface area contributed by atoms with Crippen LogP contribution in [-0.4, -0.2) is 12.1 Å². The average Bonchev–Trinajstić information content (AvgIpc) is 2.18. The molecule has 0 spiro atoms. The number of hydrogen-bond donors (Lipinski definition) is 1. The Labute approximate surface area is 57.5 Å². The predicted octanol–water partition coefficient (Wildman–Crippen LogP) is 0.872. The minimum absolute atomic E-state index is 0.509. The zero-order valence-electron chi connectivity index (χ0n) is 5.13. The molecule has 0 bridgehead atoms. The van der Waals surface area contributed by atoms with Crippen LogP contribution in [-0.2, 0) is 11.3 Å². The molecule has 2 N–H and O–H groups in total. The second kappa shape index (κ2) is 2.80. The number of rotatable bonds is 2. The highest BCUT2D eigenvalue weighted by Crippen LogP contribution is 2.15. The molecule has 4 heteroatoms. The van der Waals surface area contributed by atoms with E-state index in [-0.39, 0.29) is 0 Å². The van der Waals surface area contributed by atoms with Crippen LogP contribution in [0, 0.1) is 0 Å². The lowest BCUT2D eigenvalue weighted by Crippen LogP contribution is -1.92. The highest BCUT2D eigenvalue weighted by Gasteiger charge is 1.98. The summed E-state index contributed by atoms with van der Waals surface area (Å²) in [6, 6.07) is 0. The minimum Gasteiger partial charge on any atom is -0.389 e. The van der Waals surface area contributed by atoms with Crippen molar-refractivity contribution in [2.75, 3.05) is 12.8 Å². The van der Waals surface area contributed by atoms with E-state index in [1.807, 2.05) is 0 Å². The molecule has 0 radical (unpaired) electrons. The van der Waals surface area contributed by atoms with Gasteiger partial charge in [0.15, 0.2) is 0 Å². The maximum absolute atomic E-state index is 5.50. The Hall–Kier alpha value is -0.610. The Bertz CT molecular complexity index is 187. The molecule has 0 fully saturated rings. The molecule has 1 aromatic heterocycles. The third kappa shape index (κ3) is 1.40. The van der Waals surface area contributed by atoms with Crippen LogP contribution < -0.4 is 5.73 Å². The topological polar surface area (TPSA) is 48.1 Å². The van der Waals surface area contributed by atoms with E-state index in [1.165, 1.54) is 11.3 Å². The highest BCUT2D eigenvalue weighted by molar-refractivity contribution is 7.13. The van der Waals surface area contributed by atoms with Crippen LogP contribution in [0.5, 0.6) is 0 Å². The number of nitrogen functional groups attached to an aromatic ring is 1. The Balaban J connectivity index is 2.69. The van der Waals surface area contributed by atoms with Crippen molar-refractivity contribution in [2.24, 2.45) is 0 Å². The fourth-order valence-corrected chi connectivity index (χ4v) is 1.06. The van der Waals surface area contributed by atoms with Crippen LogP contribution in [0.3, 0.4) is 0 Å². The van der Waals surface area contributed by atoms with E-state index in [9.17, 15) is 0 Å². The zero-order chi connectivity index (χ0) is 6.69. The molecule has 1 aromatic rings. The molecule has 0 unspecified atom stereocenters. The van der Waals surface area contributed by atoms with Crippen molar-refractivity contribution in [3.8, 4) is 0 Å². The Morgan fingerprint density at radius 3 is 3.11 bits per heavy atom. The average molecular weight is 144 g/mol. The Kier molecular flexibility index (Phi) is 2.02. The van der Waals surface area contributed by atoms with Crippen molar-refractivity contribution in [3.05, 3.63) is 11.2 Å². The van der Waals surface area contributed by atoms with Gasteiger partial charge >= 0.3 is 0 Å². The first kappa shape index (κ1) is 6.51. The van der Waals surface area contributed by atoms with Crippen molar-refractivity contribution >= 4 is 16.3 Å². The number of methoxy groups -OCH3 is 1. The number of ether oxygens (including phenoxy) is 1. The molecule has 3 nitrogen and oxygen atoms in total. The van der Waals surface area contributed by atoms with E-state index in [0.29, 0.717) is 6.61 Å². The molecule has 50 valence electrons. The van der Waals surface area contributed by atoms with Gasteiger partial charge in [-0.25, -0.2) is 4.98 Å². The summed E-state index contributed by atoms with van der Waals surface area (Å²) < 4.78 is 4.83. The number of nitrogens with two attached hydrogens (primary N) is 1. The monoisotopic (exact) mass is 144 g/mol. The first-order valence-corrected chi connectivity index (χ1v) is 3.39. The lowest BCUT2D eigenvalue weighted by molar-refractivity contribution is 0.182. The normalized spacial score (nSPS) is 9.89. The lowest BCUT2D eigenvalue weighted by atomic mass is 10.5. The summed E-state index contributed by atoms with van der Waals surface area (Å²) in [4.78, 5) is 3.97. The van der Waals surface area contributed by atoms with Crippen molar-refractivity contribution in [3.63, 3.8) is 0 Å². The number of hydrogen-bond acceptors (Lipinski definition) is 4. The quantitative estimate of drug-likeness (QED) is 0.670. The van der Waals surface area contributed by atoms with Crippen LogP contribution in [0.15, 0.2) is 5.51 Å². The molecule has 9 heavy (non-hydrogen) atoms. The van der Waals surface area contributed by atoms with Crippen molar-refractivity contribution in [1.82, 2.24) is 4.98 Å². The number of anilines is 1. The van der Waals surface area contributed by atoms with Crippen LogP contribution in [0.25, 0.3) is 0 Å². The van der Waals surface area contributed by atoms with E-state index in [1.54, 1.807) is 12.6 Å². The Morgan fingerprint density at radius 1 is 1.89 bits per heavy atom. The molecule has 0 aliphatic carbocycles. The third-order valence-corrected chi connectivity index (χ3v) is 1.65. The molecule has 0 saturated carbocycles. The second-order valence-electron chi connectivity index (χ2n) is 1.60. The van der Waals surface area contributed by atoms with Gasteiger partial charge in [0.25, 0.3) is 0 Å². The molecule has 0 aliphatic rings. The second-order valence-corrected chi connectivity index (χ2v) is 2.48. The SMILES string of the molecule is COCc1ncsc1N. The van der Waals surface area contributed by atoms with Crippen LogP contribution in [0.1, 0.15) is 5.69 Å². The van der Waals surface area contributed by atoms with Gasteiger partial charge in [-0.15, -0.1) is 11.3 Å². The zero-order valence-corrected chi connectivity index (χ0v) is 5.94. The van der Waals surface area contributed by atoms with Crippen molar-refractivity contribution in [1.29, 1.82) is 0 Å². The number of nitrogens with zero attached hydrogens (tertiary/aromatic N) is 1. The van der Waals surface area contributed by atoms with Gasteiger partial charge in [0.05, 0.1) is 12.1 Å². The van der Waals surface area contributed by atoms with E-state index in [0.717, 1.165) is 10.7 Å². The summed E-state index contributed by atoms with van der Waals surface area (Å²) in [5, 5.41) is 0.747. The summed E-state index contributed by atoms with van der Waals surface area (Å²) >= 11 is 1.43. The van der Waals surface area contributed by atoms with Gasteiger partial charge in [-0.1, -0.05) is 0 Å². The van der Waals surface area contributed by atoms with Crippen LogP contribution in [0.2, 0.25) is 0 Å². The van der Waals surface area contributed by atoms with E-state index in [2.05, 4.69) is 4.98 Å². The summed E-state index contributed by atoms with van der Waals surface area (Å²) in [6.07, 6.45) is 0. The number of thiazole rings is 1. The molecule has 0 saturated heterocycles. The van der Waals surface area contributed by atoms with Crippen molar-refractivity contribution in [2.45, 2.75) is 6.61 Å². The van der Waals surface area contributed by atoms with E-state index >= 15 is 0 Å². The van der Waals surface area contributed by atoms with Gasteiger partial charge < -0.3 is 10.5 Å². The fraction of sp³-hybridized carbons (Fsp3) is 0.400. The molecule has 0 aromatic carbocycles. The van der Waals surface area contributed by atoms with Crippen LogP contribution >= 0.6 is 11.3 Å². The van der Waals surface area contributed by atoms with Gasteiger partial charge in [-0.05, 0) is 0 Å². The van der Waals surface area contributed by atoms with Gasteiger partial charge in [-0.3, -0.25) is 0 Å². The maximum Gasteiger partial charge on any atom is 0.111 e. The van der Waals surface area contributed by atoms with Gasteiger partial charge in [0, 0.05) is 7.11 Å². The largest absolute Gasteiger partial charge is 0.389 e. The molecule has 0 atom stereocenters. The smallest absolute Gasteiger partial charge is 0.111 e. The molecule has 0 aliphatic heterocycles. The summed E-state index contributed by atoms with van der Waals surface area (Å²) in [5.74, 6) is 0. The Morgan fingerprint density at radius 2 is 2.67 bits per heavy atom. The first-order valence-electron chi connectivity index (χ1n) is 2.51. The summed E-state index contributed by atoms with van der Waals surface area (Å²) in [7, 11) is 1.62. The maximum atomic E-state index is 5.50. The highest BCUT2D eigenvalue weighted by atomic mass is 32.1.